The summed E-state index contributed by atoms with van der Waals surface area (Å²) in [6.45, 7) is 6.72. The Balaban J connectivity index is 2.05. The first-order valence-corrected chi connectivity index (χ1v) is 6.25. The Hall–Kier alpha value is -1.13. The van der Waals surface area contributed by atoms with E-state index >= 15 is 0 Å². The molecule has 1 N–H and O–H groups in total. The fraction of sp³-hybridized carbons (Fsp3) is 0.615. The zero-order valence-corrected chi connectivity index (χ0v) is 11.0. The monoisotopic (exact) mass is 234 g/mol. The molecule has 2 rings (SSSR count). The second kappa shape index (κ2) is 5.47. The quantitative estimate of drug-likeness (QED) is 0.853. The fourth-order valence-electron chi connectivity index (χ4n) is 2.42. The third kappa shape index (κ3) is 2.96. The van der Waals surface area contributed by atoms with E-state index in [4.69, 9.17) is 0 Å². The van der Waals surface area contributed by atoms with Crippen LogP contribution in [0.25, 0.3) is 0 Å². The molecule has 1 fully saturated rings. The molecule has 0 amide bonds. The lowest BCUT2D eigenvalue weighted by molar-refractivity contribution is 0.0939. The number of hydrogen-bond acceptors (Lipinski definition) is 4. The van der Waals surface area contributed by atoms with E-state index in [0.29, 0.717) is 6.04 Å². The molecule has 1 aromatic rings. The molecule has 17 heavy (non-hydrogen) atoms. The normalized spacial score (nSPS) is 22.6. The summed E-state index contributed by atoms with van der Waals surface area (Å²) in [5.74, 6) is 0.999. The Bertz CT molecular complexity index is 366. The lowest BCUT2D eigenvalue weighted by Gasteiger charge is -2.38. The predicted octanol–water partition coefficient (Wildman–Crippen LogP) is 1.26. The van der Waals surface area contributed by atoms with Gasteiger partial charge in [-0.15, -0.1) is 0 Å². The van der Waals surface area contributed by atoms with Crippen molar-refractivity contribution in [3.8, 4) is 0 Å². The summed E-state index contributed by atoms with van der Waals surface area (Å²) in [6.07, 6.45) is 1.84. The van der Waals surface area contributed by atoms with Crippen LogP contribution in [-0.4, -0.2) is 54.6 Å². The molecule has 0 saturated carbocycles. The minimum absolute atomic E-state index is 0.610. The van der Waals surface area contributed by atoms with Crippen LogP contribution in [0.4, 0.5) is 5.82 Å². The maximum atomic E-state index is 4.35. The van der Waals surface area contributed by atoms with Gasteiger partial charge in [-0.3, -0.25) is 4.90 Å². The molecule has 0 bridgehead atoms. The van der Waals surface area contributed by atoms with Crippen molar-refractivity contribution in [2.45, 2.75) is 19.5 Å². The molecule has 1 unspecified atom stereocenters. The minimum atomic E-state index is 0.610. The molecule has 1 saturated heterocycles. The molecule has 94 valence electrons. The zero-order valence-electron chi connectivity index (χ0n) is 11.0. The van der Waals surface area contributed by atoms with Gasteiger partial charge in [-0.1, -0.05) is 6.07 Å². The van der Waals surface area contributed by atoms with Gasteiger partial charge < -0.3 is 10.2 Å². The SMILES string of the molecule is CNc1ncccc1CN1CCN(C)CC1C. The highest BCUT2D eigenvalue weighted by molar-refractivity contribution is 5.42. The van der Waals surface area contributed by atoms with Crippen molar-refractivity contribution in [3.63, 3.8) is 0 Å². The molecule has 0 spiro atoms. The second-order valence-electron chi connectivity index (χ2n) is 4.84. The Labute approximate surface area is 104 Å². The number of piperazine rings is 1. The number of rotatable bonds is 3. The first-order valence-electron chi connectivity index (χ1n) is 6.25. The molecule has 1 atom stereocenters. The van der Waals surface area contributed by atoms with Crippen LogP contribution in [0.3, 0.4) is 0 Å². The maximum Gasteiger partial charge on any atom is 0.130 e. The van der Waals surface area contributed by atoms with Crippen LogP contribution >= 0.6 is 0 Å². The zero-order chi connectivity index (χ0) is 12.3. The first kappa shape index (κ1) is 12.3. The third-order valence-corrected chi connectivity index (χ3v) is 3.47. The van der Waals surface area contributed by atoms with Crippen molar-refractivity contribution in [3.05, 3.63) is 23.9 Å². The number of nitrogens with one attached hydrogen (secondary N) is 1. The predicted molar refractivity (Wildman–Crippen MR) is 71.2 cm³/mol. The van der Waals surface area contributed by atoms with Crippen molar-refractivity contribution in [2.75, 3.05) is 39.0 Å². The van der Waals surface area contributed by atoms with Gasteiger partial charge in [0, 0.05) is 51.0 Å². The Morgan fingerprint density at radius 2 is 2.29 bits per heavy atom. The molecule has 1 aliphatic rings. The van der Waals surface area contributed by atoms with E-state index in [9.17, 15) is 0 Å². The molecule has 2 heterocycles. The molecule has 4 nitrogen and oxygen atoms in total. The third-order valence-electron chi connectivity index (χ3n) is 3.47. The van der Waals surface area contributed by atoms with E-state index < -0.39 is 0 Å². The van der Waals surface area contributed by atoms with E-state index in [2.05, 4.69) is 40.1 Å². The Morgan fingerprint density at radius 1 is 1.47 bits per heavy atom. The topological polar surface area (TPSA) is 31.4 Å². The second-order valence-corrected chi connectivity index (χ2v) is 4.84. The van der Waals surface area contributed by atoms with E-state index in [1.165, 1.54) is 5.56 Å². The molecule has 0 radical (unpaired) electrons. The van der Waals surface area contributed by atoms with E-state index in [1.54, 1.807) is 0 Å². The summed E-state index contributed by atoms with van der Waals surface area (Å²) in [7, 11) is 4.12. The van der Waals surface area contributed by atoms with Gasteiger partial charge in [-0.05, 0) is 20.0 Å². The van der Waals surface area contributed by atoms with Crippen LogP contribution < -0.4 is 5.32 Å². The van der Waals surface area contributed by atoms with Crippen molar-refractivity contribution in [1.29, 1.82) is 0 Å². The molecule has 1 aromatic heterocycles. The van der Waals surface area contributed by atoms with Crippen LogP contribution in [0.2, 0.25) is 0 Å². The molecular weight excluding hydrogens is 212 g/mol. The van der Waals surface area contributed by atoms with Crippen LogP contribution in [0.5, 0.6) is 0 Å². The summed E-state index contributed by atoms with van der Waals surface area (Å²) in [5, 5.41) is 3.16. The lowest BCUT2D eigenvalue weighted by atomic mass is 10.1. The highest BCUT2D eigenvalue weighted by atomic mass is 15.3. The smallest absolute Gasteiger partial charge is 0.130 e. The summed E-state index contributed by atoms with van der Waals surface area (Å²) < 4.78 is 0. The van der Waals surface area contributed by atoms with Crippen LogP contribution in [0, 0.1) is 0 Å². The minimum Gasteiger partial charge on any atom is -0.373 e. The molecule has 1 aliphatic heterocycles. The van der Waals surface area contributed by atoms with E-state index in [-0.39, 0.29) is 0 Å². The van der Waals surface area contributed by atoms with Gasteiger partial charge in [-0.25, -0.2) is 4.98 Å². The number of likely N-dealkylation sites (N-methyl/N-ethyl adjacent to an activating group) is 1. The highest BCUT2D eigenvalue weighted by Gasteiger charge is 2.21. The lowest BCUT2D eigenvalue weighted by Crippen LogP contribution is -2.49. The van der Waals surface area contributed by atoms with Crippen LogP contribution in [0.1, 0.15) is 12.5 Å². The van der Waals surface area contributed by atoms with Crippen molar-refractivity contribution >= 4 is 5.82 Å². The highest BCUT2D eigenvalue weighted by Crippen LogP contribution is 2.17. The van der Waals surface area contributed by atoms with Gasteiger partial charge in [0.25, 0.3) is 0 Å². The number of pyridine rings is 1. The molecule has 0 aliphatic carbocycles. The summed E-state index contributed by atoms with van der Waals surface area (Å²) in [6, 6.07) is 4.78. The molecule has 0 aromatic carbocycles. The summed E-state index contributed by atoms with van der Waals surface area (Å²) in [4.78, 5) is 9.27. The van der Waals surface area contributed by atoms with Gasteiger partial charge >= 0.3 is 0 Å². The molecule has 4 heteroatoms. The van der Waals surface area contributed by atoms with Crippen molar-refractivity contribution < 1.29 is 0 Å². The Kier molecular flexibility index (Phi) is 3.97. The average molecular weight is 234 g/mol. The average Bonchev–Trinajstić information content (AvgIpc) is 2.33. The fourth-order valence-corrected chi connectivity index (χ4v) is 2.42. The van der Waals surface area contributed by atoms with Gasteiger partial charge in [0.15, 0.2) is 0 Å². The van der Waals surface area contributed by atoms with Crippen LogP contribution in [0.15, 0.2) is 18.3 Å². The summed E-state index contributed by atoms with van der Waals surface area (Å²) in [5.41, 5.74) is 1.28. The number of hydrogen-bond donors (Lipinski definition) is 1. The van der Waals surface area contributed by atoms with Gasteiger partial charge in [0.1, 0.15) is 5.82 Å². The van der Waals surface area contributed by atoms with E-state index in [0.717, 1.165) is 32.0 Å². The summed E-state index contributed by atoms with van der Waals surface area (Å²) >= 11 is 0. The number of nitrogens with zero attached hydrogens (tertiary/aromatic N) is 3. The largest absolute Gasteiger partial charge is 0.373 e. The number of anilines is 1. The molecular formula is C13H22N4. The van der Waals surface area contributed by atoms with Crippen LogP contribution in [-0.2, 0) is 6.54 Å². The van der Waals surface area contributed by atoms with E-state index in [1.807, 2.05) is 19.3 Å². The van der Waals surface area contributed by atoms with Gasteiger partial charge in [-0.2, -0.15) is 0 Å². The van der Waals surface area contributed by atoms with Crippen molar-refractivity contribution in [2.24, 2.45) is 0 Å². The van der Waals surface area contributed by atoms with Crippen molar-refractivity contribution in [1.82, 2.24) is 14.8 Å². The number of aromatic nitrogens is 1. The maximum absolute atomic E-state index is 4.35. The van der Waals surface area contributed by atoms with Gasteiger partial charge in [0.2, 0.25) is 0 Å². The standard InChI is InChI=1S/C13H22N4/c1-11-9-16(3)7-8-17(11)10-12-5-4-6-15-13(12)14-2/h4-6,11H,7-10H2,1-3H3,(H,14,15). The Morgan fingerprint density at radius 3 is 3.00 bits per heavy atom. The van der Waals surface area contributed by atoms with Gasteiger partial charge in [0.05, 0.1) is 0 Å². The first-order chi connectivity index (χ1) is 8.20.